The van der Waals surface area contributed by atoms with Crippen molar-refractivity contribution in [2.24, 2.45) is 0 Å². The molecule has 2 aliphatic rings. The summed E-state index contributed by atoms with van der Waals surface area (Å²) in [4.78, 5) is 56.8. The van der Waals surface area contributed by atoms with Crippen LogP contribution in [0.1, 0.15) is 16.8 Å². The van der Waals surface area contributed by atoms with Crippen LogP contribution in [-0.2, 0) is 14.3 Å². The van der Waals surface area contributed by atoms with E-state index in [1.807, 2.05) is 0 Å². The molecule has 0 bridgehead atoms. The average Bonchev–Trinajstić information content (AvgIpc) is 3.42. The maximum absolute atomic E-state index is 14.3. The van der Waals surface area contributed by atoms with Gasteiger partial charge in [-0.1, -0.05) is 17.7 Å². The zero-order chi connectivity index (χ0) is 29.8. The van der Waals surface area contributed by atoms with Gasteiger partial charge in [-0.3, -0.25) is 14.5 Å². The Morgan fingerprint density at radius 2 is 1.88 bits per heavy atom. The molecule has 1 fully saturated rings. The van der Waals surface area contributed by atoms with Crippen molar-refractivity contribution in [1.82, 2.24) is 19.8 Å². The van der Waals surface area contributed by atoms with Crippen LogP contribution in [0.15, 0.2) is 68.7 Å². The van der Waals surface area contributed by atoms with E-state index in [1.54, 1.807) is 12.2 Å². The Hall–Kier alpha value is -4.26. The Kier molecular flexibility index (Phi) is 8.86. The number of nitrogens with one attached hydrogen (secondary N) is 3. The first-order chi connectivity index (χ1) is 20.2. The molecule has 11 nitrogen and oxygen atoms in total. The molecule has 0 radical (unpaired) electrons. The molecule has 0 saturated carbocycles. The summed E-state index contributed by atoms with van der Waals surface area (Å²) >= 11 is 6.12. The lowest BCUT2D eigenvalue weighted by Crippen LogP contribution is -2.44. The molecule has 220 valence electrons. The zero-order valence-corrected chi connectivity index (χ0v) is 23.5. The summed E-state index contributed by atoms with van der Waals surface area (Å²) in [6.07, 6.45) is 3.64. The average molecular weight is 598 g/mol. The molecule has 42 heavy (non-hydrogen) atoms. The van der Waals surface area contributed by atoms with Crippen molar-refractivity contribution < 1.29 is 23.5 Å². The van der Waals surface area contributed by atoms with E-state index in [1.165, 1.54) is 37.4 Å². The van der Waals surface area contributed by atoms with Gasteiger partial charge in [0.05, 0.1) is 35.5 Å². The van der Waals surface area contributed by atoms with Crippen molar-refractivity contribution >= 4 is 40.1 Å². The van der Waals surface area contributed by atoms with Crippen molar-refractivity contribution in [2.45, 2.75) is 12.5 Å². The fourth-order valence-corrected chi connectivity index (χ4v) is 5.05. The van der Waals surface area contributed by atoms with Crippen molar-refractivity contribution in [3.05, 3.63) is 91.4 Å². The molecule has 3 aromatic rings. The maximum Gasteiger partial charge on any atom is 0.333 e. The SMILES string of the molecule is CNc1cc2[nH]c(=O)n(-c3ccc(C(=O)NC(C(=O)OCCN4CCOCC4)C4=CC=C(Cl)C4)cc3)c(=O)c2cc1F. The number of fused-ring (bicyclic) bond motifs is 1. The largest absolute Gasteiger partial charge is 0.463 e. The number of carbonyl (C=O) groups is 2. The highest BCUT2D eigenvalue weighted by molar-refractivity contribution is 6.30. The summed E-state index contributed by atoms with van der Waals surface area (Å²) in [6.45, 7) is 3.47. The highest BCUT2D eigenvalue weighted by Crippen LogP contribution is 2.25. The molecule has 1 saturated heterocycles. The number of aromatic amines is 1. The maximum atomic E-state index is 14.3. The number of morpholine rings is 1. The number of hydrogen-bond donors (Lipinski definition) is 3. The lowest BCUT2D eigenvalue weighted by Gasteiger charge is -2.26. The molecule has 1 aliphatic carbocycles. The summed E-state index contributed by atoms with van der Waals surface area (Å²) in [5, 5.41) is 5.89. The van der Waals surface area contributed by atoms with Crippen molar-refractivity contribution in [2.75, 3.05) is 51.8 Å². The van der Waals surface area contributed by atoms with E-state index in [2.05, 4.69) is 20.5 Å². The minimum atomic E-state index is -1.06. The second-order valence-corrected chi connectivity index (χ2v) is 10.3. The predicted molar refractivity (Wildman–Crippen MR) is 156 cm³/mol. The van der Waals surface area contributed by atoms with E-state index < -0.39 is 35.0 Å². The van der Waals surface area contributed by atoms with Gasteiger partial charge in [-0.25, -0.2) is 18.5 Å². The van der Waals surface area contributed by atoms with Crippen LogP contribution in [0.5, 0.6) is 0 Å². The van der Waals surface area contributed by atoms with Crippen molar-refractivity contribution in [3.63, 3.8) is 0 Å². The summed E-state index contributed by atoms with van der Waals surface area (Å²) in [7, 11) is 1.52. The number of halogens is 2. The molecular weight excluding hydrogens is 569 g/mol. The fraction of sp³-hybridized carbons (Fsp3) is 0.310. The van der Waals surface area contributed by atoms with Gasteiger partial charge in [0, 0.05) is 43.7 Å². The summed E-state index contributed by atoms with van der Waals surface area (Å²) in [5.41, 5.74) is -0.188. The number of carbonyl (C=O) groups excluding carboxylic acids is 2. The van der Waals surface area contributed by atoms with Crippen LogP contribution < -0.4 is 21.9 Å². The normalized spacial score (nSPS) is 16.1. The van der Waals surface area contributed by atoms with Gasteiger partial charge in [-0.05, 0) is 48.0 Å². The predicted octanol–water partition coefficient (Wildman–Crippen LogP) is 2.29. The molecule has 2 aromatic carbocycles. The number of esters is 1. The van der Waals surface area contributed by atoms with Gasteiger partial charge in [0.25, 0.3) is 11.5 Å². The molecule has 1 unspecified atom stereocenters. The van der Waals surface area contributed by atoms with Crippen LogP contribution in [0.4, 0.5) is 10.1 Å². The van der Waals surface area contributed by atoms with E-state index in [4.69, 9.17) is 21.1 Å². The van der Waals surface area contributed by atoms with E-state index >= 15 is 0 Å². The molecule has 3 N–H and O–H groups in total. The molecular formula is C29H29ClFN5O6. The topological polar surface area (TPSA) is 135 Å². The Balaban J connectivity index is 1.32. The first kappa shape index (κ1) is 29.2. The van der Waals surface area contributed by atoms with E-state index in [9.17, 15) is 23.6 Å². The number of H-pyrrole nitrogens is 1. The molecule has 1 amide bonds. The first-order valence-electron chi connectivity index (χ1n) is 13.3. The Morgan fingerprint density at radius 3 is 2.55 bits per heavy atom. The van der Waals surface area contributed by atoms with Gasteiger partial charge in [-0.2, -0.15) is 0 Å². The van der Waals surface area contributed by atoms with Crippen LogP contribution in [0.2, 0.25) is 0 Å². The summed E-state index contributed by atoms with van der Waals surface area (Å²) in [6, 6.07) is 7.00. The first-order valence-corrected chi connectivity index (χ1v) is 13.7. The van der Waals surface area contributed by atoms with Gasteiger partial charge in [0.1, 0.15) is 18.5 Å². The van der Waals surface area contributed by atoms with Crippen LogP contribution in [-0.4, -0.2) is 78.9 Å². The number of hydrogen-bond acceptors (Lipinski definition) is 8. The van der Waals surface area contributed by atoms with Gasteiger partial charge in [0.15, 0.2) is 0 Å². The van der Waals surface area contributed by atoms with E-state index in [-0.39, 0.29) is 34.4 Å². The molecule has 5 rings (SSSR count). The number of allylic oxidation sites excluding steroid dienone is 3. The monoisotopic (exact) mass is 597 g/mol. The van der Waals surface area contributed by atoms with Crippen molar-refractivity contribution in [1.29, 1.82) is 0 Å². The highest BCUT2D eigenvalue weighted by atomic mass is 35.5. The van der Waals surface area contributed by atoms with Gasteiger partial charge in [-0.15, -0.1) is 0 Å². The van der Waals surface area contributed by atoms with Crippen LogP contribution in [0, 0.1) is 5.82 Å². The third-order valence-electron chi connectivity index (χ3n) is 7.13. The summed E-state index contributed by atoms with van der Waals surface area (Å²) < 4.78 is 26.0. The highest BCUT2D eigenvalue weighted by Gasteiger charge is 2.29. The zero-order valence-electron chi connectivity index (χ0n) is 22.7. The van der Waals surface area contributed by atoms with Crippen LogP contribution in [0.3, 0.4) is 0 Å². The lowest BCUT2D eigenvalue weighted by atomic mass is 10.1. The lowest BCUT2D eigenvalue weighted by molar-refractivity contribution is -0.145. The number of amides is 1. The van der Waals surface area contributed by atoms with E-state index in [0.717, 1.165) is 23.7 Å². The van der Waals surface area contributed by atoms with Gasteiger partial charge in [0.2, 0.25) is 0 Å². The van der Waals surface area contributed by atoms with Gasteiger partial charge < -0.3 is 25.1 Å². The molecule has 0 spiro atoms. The molecule has 13 heteroatoms. The second-order valence-electron chi connectivity index (χ2n) is 9.81. The Labute approximate surface area is 244 Å². The number of ether oxygens (including phenoxy) is 2. The Bertz CT molecular complexity index is 1690. The minimum Gasteiger partial charge on any atom is -0.463 e. The molecule has 2 heterocycles. The van der Waals surface area contributed by atoms with Crippen molar-refractivity contribution in [3.8, 4) is 5.69 Å². The number of nitrogens with zero attached hydrogens (tertiary/aromatic N) is 2. The molecule has 1 atom stereocenters. The third kappa shape index (κ3) is 6.30. The third-order valence-corrected chi connectivity index (χ3v) is 7.39. The quantitative estimate of drug-likeness (QED) is 0.320. The van der Waals surface area contributed by atoms with Gasteiger partial charge >= 0.3 is 11.7 Å². The number of aromatic nitrogens is 2. The second kappa shape index (κ2) is 12.7. The minimum absolute atomic E-state index is 0.0139. The smallest absolute Gasteiger partial charge is 0.333 e. The Morgan fingerprint density at radius 1 is 1.14 bits per heavy atom. The molecule has 1 aliphatic heterocycles. The standard InChI is InChI=1S/C29H29ClFN5O6/c1-32-24-16-23-21(15-22(24)31)27(38)36(29(40)33-23)20-6-3-17(4-7-20)26(37)34-25(18-2-5-19(30)14-18)28(39)42-13-10-35-8-11-41-12-9-35/h2-7,15-16,25,32H,8-14H2,1H3,(H,33,40)(H,34,37). The number of rotatable bonds is 9. The fourth-order valence-electron chi connectivity index (χ4n) is 4.83. The van der Waals surface area contributed by atoms with Crippen LogP contribution >= 0.6 is 11.6 Å². The number of anilines is 1. The van der Waals surface area contributed by atoms with Crippen LogP contribution in [0.25, 0.3) is 16.6 Å². The summed E-state index contributed by atoms with van der Waals surface area (Å²) in [5.74, 6) is -1.82. The van der Waals surface area contributed by atoms with E-state index in [0.29, 0.717) is 36.8 Å². The number of benzene rings is 2. The molecule has 1 aromatic heterocycles.